The van der Waals surface area contributed by atoms with Crippen LogP contribution >= 0.6 is 11.8 Å². The molecule has 170 valence electrons. The van der Waals surface area contributed by atoms with E-state index in [-0.39, 0.29) is 17.6 Å². The van der Waals surface area contributed by atoms with Crippen molar-refractivity contribution in [3.8, 4) is 0 Å². The number of carbonyl (C=O) groups excluding carboxylic acids is 2. The van der Waals surface area contributed by atoms with Gasteiger partial charge in [-0.2, -0.15) is 0 Å². The molecule has 3 aromatic carbocycles. The van der Waals surface area contributed by atoms with E-state index in [1.807, 2.05) is 55.1 Å². The summed E-state index contributed by atoms with van der Waals surface area (Å²) < 4.78 is 7.17. The fraction of sp³-hybridized carbons (Fsp3) is 0.269. The predicted molar refractivity (Wildman–Crippen MR) is 134 cm³/mol. The highest BCUT2D eigenvalue weighted by atomic mass is 32.2. The van der Waals surface area contributed by atoms with Gasteiger partial charge in [0.15, 0.2) is 5.16 Å². The average molecular weight is 462 g/mol. The molecule has 4 rings (SSSR count). The molecule has 4 aromatic rings. The monoisotopic (exact) mass is 461 g/mol. The predicted octanol–water partition coefficient (Wildman–Crippen LogP) is 5.53. The molecule has 1 aromatic heterocycles. The van der Waals surface area contributed by atoms with Crippen molar-refractivity contribution in [2.75, 3.05) is 23.8 Å². The minimum absolute atomic E-state index is 0.0285. The number of rotatable bonds is 8. The minimum atomic E-state index is -0.358. The third kappa shape index (κ3) is 4.59. The van der Waals surface area contributed by atoms with E-state index in [9.17, 15) is 9.59 Å². The smallest absolute Gasteiger partial charge is 0.338 e. The van der Waals surface area contributed by atoms with Gasteiger partial charge in [-0.25, -0.2) is 9.78 Å². The van der Waals surface area contributed by atoms with Crippen LogP contribution < -0.4 is 4.90 Å². The first-order chi connectivity index (χ1) is 16.1. The number of thioether (sulfide) groups is 1. The number of imidazole rings is 1. The normalized spacial score (nSPS) is 11.1. The Hall–Kier alpha value is -3.32. The van der Waals surface area contributed by atoms with Gasteiger partial charge in [-0.3, -0.25) is 4.79 Å². The van der Waals surface area contributed by atoms with Gasteiger partial charge in [0.2, 0.25) is 5.91 Å². The second kappa shape index (κ2) is 10.1. The lowest BCUT2D eigenvalue weighted by Crippen LogP contribution is -2.32. The molecule has 6 nitrogen and oxygen atoms in total. The van der Waals surface area contributed by atoms with E-state index in [0.717, 1.165) is 32.6 Å². The van der Waals surface area contributed by atoms with Crippen molar-refractivity contribution in [3.63, 3.8) is 0 Å². The second-order valence-electron chi connectivity index (χ2n) is 7.49. The van der Waals surface area contributed by atoms with Gasteiger partial charge in [0.25, 0.3) is 0 Å². The summed E-state index contributed by atoms with van der Waals surface area (Å²) in [5.74, 6) is -0.0604. The van der Waals surface area contributed by atoms with Gasteiger partial charge in [0, 0.05) is 18.5 Å². The van der Waals surface area contributed by atoms with E-state index in [1.54, 1.807) is 19.1 Å². The fourth-order valence-electron chi connectivity index (χ4n) is 3.99. The molecule has 1 heterocycles. The number of hydrogen-bond donors (Lipinski definition) is 0. The lowest BCUT2D eigenvalue weighted by Gasteiger charge is -2.22. The van der Waals surface area contributed by atoms with Gasteiger partial charge in [-0.05, 0) is 50.4 Å². The van der Waals surface area contributed by atoms with Gasteiger partial charge in [0.1, 0.15) is 0 Å². The van der Waals surface area contributed by atoms with Gasteiger partial charge >= 0.3 is 5.97 Å². The minimum Gasteiger partial charge on any atom is -0.462 e. The molecule has 0 unspecified atom stereocenters. The molecule has 0 saturated heterocycles. The Bertz CT molecular complexity index is 1310. The van der Waals surface area contributed by atoms with Crippen molar-refractivity contribution in [1.29, 1.82) is 0 Å². The Morgan fingerprint density at radius 3 is 2.58 bits per heavy atom. The lowest BCUT2D eigenvalue weighted by atomic mass is 10.1. The Labute approximate surface area is 197 Å². The zero-order chi connectivity index (χ0) is 23.4. The molecule has 0 aliphatic heterocycles. The zero-order valence-electron chi connectivity index (χ0n) is 19.1. The third-order valence-electron chi connectivity index (χ3n) is 5.54. The maximum atomic E-state index is 13.2. The molecule has 0 bridgehead atoms. The summed E-state index contributed by atoms with van der Waals surface area (Å²) in [7, 11) is 0. The standard InChI is InChI=1S/C26H27N3O3S/c1-4-28(22-13-9-11-18-10-7-8-12-20(18)22)24(30)17-33-26-27-21-16-19(25(31)32-6-3)14-15-23(21)29(26)5-2/h7-16H,4-6,17H2,1-3H3. The molecular formula is C26H27N3O3S. The Morgan fingerprint density at radius 1 is 1.03 bits per heavy atom. The SMILES string of the molecule is CCOC(=O)c1ccc2c(c1)nc(SCC(=O)N(CC)c1cccc3ccccc13)n2CC. The molecule has 33 heavy (non-hydrogen) atoms. The van der Waals surface area contributed by atoms with Crippen molar-refractivity contribution in [3.05, 3.63) is 66.2 Å². The van der Waals surface area contributed by atoms with Gasteiger partial charge < -0.3 is 14.2 Å². The first-order valence-corrected chi connectivity index (χ1v) is 12.1. The molecule has 1 amide bonds. The van der Waals surface area contributed by atoms with Crippen LogP contribution in [0.15, 0.2) is 65.8 Å². The average Bonchev–Trinajstić information content (AvgIpc) is 3.20. The van der Waals surface area contributed by atoms with E-state index in [0.29, 0.717) is 25.3 Å². The molecule has 0 aliphatic carbocycles. The Kier molecular flexibility index (Phi) is 6.99. The molecule has 0 atom stereocenters. The van der Waals surface area contributed by atoms with Crippen LogP contribution in [0.2, 0.25) is 0 Å². The summed E-state index contributed by atoms with van der Waals surface area (Å²) in [5.41, 5.74) is 3.05. The number of esters is 1. The quantitative estimate of drug-likeness (QED) is 0.255. The molecule has 0 radical (unpaired) electrons. The topological polar surface area (TPSA) is 64.4 Å². The van der Waals surface area contributed by atoms with Crippen LogP contribution in [0.25, 0.3) is 21.8 Å². The number of anilines is 1. The highest BCUT2D eigenvalue weighted by molar-refractivity contribution is 7.99. The number of aromatic nitrogens is 2. The van der Waals surface area contributed by atoms with E-state index < -0.39 is 0 Å². The van der Waals surface area contributed by atoms with Crippen LogP contribution in [0.5, 0.6) is 0 Å². The number of fused-ring (bicyclic) bond motifs is 2. The number of amides is 1. The summed E-state index contributed by atoms with van der Waals surface area (Å²) in [6.07, 6.45) is 0. The summed E-state index contributed by atoms with van der Waals surface area (Å²) in [5, 5.41) is 2.93. The van der Waals surface area contributed by atoms with Crippen LogP contribution in [-0.2, 0) is 16.1 Å². The van der Waals surface area contributed by atoms with Crippen LogP contribution in [0.4, 0.5) is 5.69 Å². The van der Waals surface area contributed by atoms with Gasteiger partial charge in [-0.15, -0.1) is 0 Å². The molecule has 0 fully saturated rings. The Balaban J connectivity index is 1.57. The first kappa shape index (κ1) is 22.9. The summed E-state index contributed by atoms with van der Waals surface area (Å²) in [6, 6.07) is 19.5. The summed E-state index contributed by atoms with van der Waals surface area (Å²) >= 11 is 1.42. The highest BCUT2D eigenvalue weighted by Gasteiger charge is 2.19. The number of carbonyl (C=O) groups is 2. The number of hydrogen-bond acceptors (Lipinski definition) is 5. The first-order valence-electron chi connectivity index (χ1n) is 11.2. The third-order valence-corrected chi connectivity index (χ3v) is 6.50. The van der Waals surface area contributed by atoms with Crippen molar-refractivity contribution < 1.29 is 14.3 Å². The summed E-state index contributed by atoms with van der Waals surface area (Å²) in [6.45, 7) is 7.44. The number of benzene rings is 3. The number of ether oxygens (including phenoxy) is 1. The van der Waals surface area contributed by atoms with Crippen LogP contribution in [0.3, 0.4) is 0 Å². The van der Waals surface area contributed by atoms with Crippen LogP contribution in [0.1, 0.15) is 31.1 Å². The Morgan fingerprint density at radius 2 is 1.82 bits per heavy atom. The van der Waals surface area contributed by atoms with Crippen molar-refractivity contribution >= 4 is 51.1 Å². The molecule has 0 N–H and O–H groups in total. The number of aryl methyl sites for hydroxylation is 1. The van der Waals surface area contributed by atoms with Crippen molar-refractivity contribution in [2.24, 2.45) is 0 Å². The zero-order valence-corrected chi connectivity index (χ0v) is 19.9. The van der Waals surface area contributed by atoms with E-state index in [1.165, 1.54) is 11.8 Å². The molecular weight excluding hydrogens is 434 g/mol. The maximum Gasteiger partial charge on any atom is 0.338 e. The number of nitrogens with zero attached hydrogens (tertiary/aromatic N) is 3. The van der Waals surface area contributed by atoms with Crippen molar-refractivity contribution in [1.82, 2.24) is 9.55 Å². The van der Waals surface area contributed by atoms with Crippen LogP contribution in [0, 0.1) is 0 Å². The fourth-order valence-corrected chi connectivity index (χ4v) is 4.95. The van der Waals surface area contributed by atoms with Crippen LogP contribution in [-0.4, -0.2) is 40.3 Å². The molecule has 0 aliphatic rings. The van der Waals surface area contributed by atoms with Crippen molar-refractivity contribution in [2.45, 2.75) is 32.5 Å². The van der Waals surface area contributed by atoms with E-state index >= 15 is 0 Å². The molecule has 0 spiro atoms. The largest absolute Gasteiger partial charge is 0.462 e. The van der Waals surface area contributed by atoms with E-state index in [2.05, 4.69) is 16.7 Å². The molecule has 7 heteroatoms. The lowest BCUT2D eigenvalue weighted by molar-refractivity contribution is -0.116. The summed E-state index contributed by atoms with van der Waals surface area (Å²) in [4.78, 5) is 31.9. The van der Waals surface area contributed by atoms with Gasteiger partial charge in [0.05, 0.1) is 34.6 Å². The molecule has 0 saturated carbocycles. The maximum absolute atomic E-state index is 13.2. The van der Waals surface area contributed by atoms with Gasteiger partial charge in [-0.1, -0.05) is 48.2 Å². The highest BCUT2D eigenvalue weighted by Crippen LogP contribution is 2.29. The second-order valence-corrected chi connectivity index (χ2v) is 8.43. The van der Waals surface area contributed by atoms with E-state index in [4.69, 9.17) is 9.72 Å².